The molecule has 122 valence electrons. The van der Waals surface area contributed by atoms with Gasteiger partial charge in [-0.2, -0.15) is 0 Å². The molecular formula is C17H11Br2NO4. The zero-order valence-corrected chi connectivity index (χ0v) is 15.7. The number of amides is 2. The van der Waals surface area contributed by atoms with E-state index in [1.807, 2.05) is 0 Å². The van der Waals surface area contributed by atoms with Crippen molar-refractivity contribution in [2.45, 2.75) is 6.92 Å². The van der Waals surface area contributed by atoms with Crippen LogP contribution in [0.1, 0.15) is 38.0 Å². The topological polar surface area (TPSA) is 63.7 Å². The SMILES string of the molecule is CCOC(=O)c1cc(Br)cc(Br)c1N1C(=O)c2ccccc2C1=O. The third-order valence-electron chi connectivity index (χ3n) is 3.54. The molecule has 5 nitrogen and oxygen atoms in total. The van der Waals surface area contributed by atoms with Gasteiger partial charge in [-0.1, -0.05) is 28.1 Å². The summed E-state index contributed by atoms with van der Waals surface area (Å²) >= 11 is 6.65. The maximum absolute atomic E-state index is 12.7. The first-order valence-electron chi connectivity index (χ1n) is 7.09. The highest BCUT2D eigenvalue weighted by atomic mass is 79.9. The Bertz CT molecular complexity index is 844. The second-order valence-corrected chi connectivity index (χ2v) is 6.77. The Morgan fingerprint density at radius 3 is 2.21 bits per heavy atom. The summed E-state index contributed by atoms with van der Waals surface area (Å²) in [7, 11) is 0. The number of carbonyl (C=O) groups excluding carboxylic acids is 3. The van der Waals surface area contributed by atoms with Crippen LogP contribution >= 0.6 is 31.9 Å². The first kappa shape index (κ1) is 16.9. The van der Waals surface area contributed by atoms with E-state index in [2.05, 4.69) is 31.9 Å². The molecule has 0 radical (unpaired) electrons. The van der Waals surface area contributed by atoms with Gasteiger partial charge in [0.1, 0.15) is 0 Å². The lowest BCUT2D eigenvalue weighted by Crippen LogP contribution is -2.31. The van der Waals surface area contributed by atoms with Crippen LogP contribution in [0.3, 0.4) is 0 Å². The number of hydrogen-bond acceptors (Lipinski definition) is 4. The molecule has 0 unspecified atom stereocenters. The fourth-order valence-corrected chi connectivity index (χ4v) is 3.95. The minimum atomic E-state index is -0.606. The van der Waals surface area contributed by atoms with E-state index in [1.54, 1.807) is 37.3 Å². The number of nitrogens with zero attached hydrogens (tertiary/aromatic N) is 1. The fraction of sp³-hybridized carbons (Fsp3) is 0.118. The fourth-order valence-electron chi connectivity index (χ4n) is 2.55. The first-order valence-corrected chi connectivity index (χ1v) is 8.68. The van der Waals surface area contributed by atoms with Gasteiger partial charge >= 0.3 is 5.97 Å². The Hall–Kier alpha value is -1.99. The lowest BCUT2D eigenvalue weighted by atomic mass is 10.1. The van der Waals surface area contributed by atoms with Gasteiger partial charge < -0.3 is 4.74 Å². The van der Waals surface area contributed by atoms with Crippen molar-refractivity contribution in [3.8, 4) is 0 Å². The normalized spacial score (nSPS) is 13.2. The molecule has 7 heteroatoms. The zero-order valence-electron chi connectivity index (χ0n) is 12.5. The quantitative estimate of drug-likeness (QED) is 0.517. The van der Waals surface area contributed by atoms with Gasteiger partial charge in [-0.15, -0.1) is 0 Å². The molecule has 1 aliphatic rings. The van der Waals surface area contributed by atoms with E-state index < -0.39 is 17.8 Å². The number of esters is 1. The second kappa shape index (κ2) is 6.49. The van der Waals surface area contributed by atoms with Gasteiger partial charge in [0.2, 0.25) is 0 Å². The molecule has 0 fully saturated rings. The molecule has 24 heavy (non-hydrogen) atoms. The number of halogens is 2. The minimum Gasteiger partial charge on any atom is -0.462 e. The Kier molecular flexibility index (Phi) is 4.56. The zero-order chi connectivity index (χ0) is 17.4. The number of benzene rings is 2. The van der Waals surface area contributed by atoms with Crippen LogP contribution in [0, 0.1) is 0 Å². The van der Waals surface area contributed by atoms with Crippen LogP contribution in [-0.4, -0.2) is 24.4 Å². The second-order valence-electron chi connectivity index (χ2n) is 5.00. The lowest BCUT2D eigenvalue weighted by molar-refractivity contribution is 0.0527. The van der Waals surface area contributed by atoms with E-state index in [0.29, 0.717) is 20.1 Å². The van der Waals surface area contributed by atoms with Gasteiger partial charge in [-0.05, 0) is 47.1 Å². The van der Waals surface area contributed by atoms with E-state index in [1.165, 1.54) is 6.07 Å². The molecule has 0 aromatic heterocycles. The number of ether oxygens (including phenoxy) is 1. The minimum absolute atomic E-state index is 0.132. The van der Waals surface area contributed by atoms with Crippen molar-refractivity contribution in [1.82, 2.24) is 0 Å². The maximum atomic E-state index is 12.7. The molecular weight excluding hydrogens is 442 g/mol. The van der Waals surface area contributed by atoms with Crippen LogP contribution in [0.15, 0.2) is 45.3 Å². The lowest BCUT2D eigenvalue weighted by Gasteiger charge is -2.19. The van der Waals surface area contributed by atoms with Crippen LogP contribution in [0.2, 0.25) is 0 Å². The maximum Gasteiger partial charge on any atom is 0.340 e. The Labute approximate surface area is 154 Å². The van der Waals surface area contributed by atoms with E-state index in [-0.39, 0.29) is 17.9 Å². The summed E-state index contributed by atoms with van der Waals surface area (Å²) in [6, 6.07) is 9.76. The summed E-state index contributed by atoms with van der Waals surface area (Å²) in [5, 5.41) is 0. The highest BCUT2D eigenvalue weighted by molar-refractivity contribution is 9.11. The monoisotopic (exact) mass is 451 g/mol. The van der Waals surface area contributed by atoms with Crippen LogP contribution < -0.4 is 4.90 Å². The van der Waals surface area contributed by atoms with Gasteiger partial charge in [0.05, 0.1) is 29.0 Å². The smallest absolute Gasteiger partial charge is 0.340 e. The number of carbonyl (C=O) groups is 3. The number of rotatable bonds is 3. The molecule has 1 aliphatic heterocycles. The Balaban J connectivity index is 2.19. The number of fused-ring (bicyclic) bond motifs is 1. The van der Waals surface area contributed by atoms with E-state index >= 15 is 0 Å². The van der Waals surface area contributed by atoms with Gasteiger partial charge in [-0.3, -0.25) is 9.59 Å². The largest absolute Gasteiger partial charge is 0.462 e. The van der Waals surface area contributed by atoms with E-state index in [9.17, 15) is 14.4 Å². The molecule has 3 rings (SSSR count). The molecule has 0 N–H and O–H groups in total. The molecule has 1 heterocycles. The molecule has 0 spiro atoms. The summed E-state index contributed by atoms with van der Waals surface area (Å²) in [6.45, 7) is 1.87. The summed E-state index contributed by atoms with van der Waals surface area (Å²) in [5.74, 6) is -1.54. The van der Waals surface area contributed by atoms with Crippen LogP contribution in [0.5, 0.6) is 0 Å². The van der Waals surface area contributed by atoms with Crippen molar-refractivity contribution in [3.63, 3.8) is 0 Å². The third kappa shape index (κ3) is 2.67. The summed E-state index contributed by atoms with van der Waals surface area (Å²) < 4.78 is 6.12. The highest BCUT2D eigenvalue weighted by Gasteiger charge is 2.39. The van der Waals surface area contributed by atoms with Crippen molar-refractivity contribution < 1.29 is 19.1 Å². The van der Waals surface area contributed by atoms with Gasteiger partial charge in [0.15, 0.2) is 0 Å². The van der Waals surface area contributed by atoms with Crippen LogP contribution in [0.4, 0.5) is 5.69 Å². The molecule has 0 bridgehead atoms. The van der Waals surface area contributed by atoms with Crippen molar-refractivity contribution in [3.05, 3.63) is 62.0 Å². The molecule has 0 atom stereocenters. The molecule has 2 aromatic rings. The third-order valence-corrected chi connectivity index (χ3v) is 4.60. The summed E-state index contributed by atoms with van der Waals surface area (Å²) in [4.78, 5) is 38.7. The molecule has 0 aliphatic carbocycles. The van der Waals surface area contributed by atoms with Crippen molar-refractivity contribution >= 4 is 55.3 Å². The Morgan fingerprint density at radius 1 is 1.08 bits per heavy atom. The summed E-state index contributed by atoms with van der Waals surface area (Å²) in [5.41, 5.74) is 0.940. The number of hydrogen-bond donors (Lipinski definition) is 0. The average Bonchev–Trinajstić information content (AvgIpc) is 2.79. The van der Waals surface area contributed by atoms with Crippen LogP contribution in [-0.2, 0) is 4.74 Å². The molecule has 0 saturated carbocycles. The standard InChI is InChI=1S/C17H11Br2NO4/c1-2-24-17(23)12-7-9(18)8-13(19)14(12)20-15(21)10-5-3-4-6-11(10)16(20)22/h3-8H,2H2,1H3. The number of anilines is 1. The first-order chi connectivity index (χ1) is 11.5. The van der Waals surface area contributed by atoms with Crippen LogP contribution in [0.25, 0.3) is 0 Å². The summed E-state index contributed by atoms with van der Waals surface area (Å²) in [6.07, 6.45) is 0. The van der Waals surface area contributed by atoms with Gasteiger partial charge in [0, 0.05) is 8.95 Å². The molecule has 2 amide bonds. The van der Waals surface area contributed by atoms with Gasteiger partial charge in [0.25, 0.3) is 11.8 Å². The van der Waals surface area contributed by atoms with Gasteiger partial charge in [-0.25, -0.2) is 9.69 Å². The van der Waals surface area contributed by atoms with Crippen molar-refractivity contribution in [1.29, 1.82) is 0 Å². The molecule has 0 saturated heterocycles. The Morgan fingerprint density at radius 2 is 1.67 bits per heavy atom. The highest BCUT2D eigenvalue weighted by Crippen LogP contribution is 2.38. The predicted molar refractivity (Wildman–Crippen MR) is 95.4 cm³/mol. The van der Waals surface area contributed by atoms with Crippen molar-refractivity contribution in [2.75, 3.05) is 11.5 Å². The van der Waals surface area contributed by atoms with Crippen molar-refractivity contribution in [2.24, 2.45) is 0 Å². The molecule has 2 aromatic carbocycles. The predicted octanol–water partition coefficient (Wildman–Crippen LogP) is 4.19. The van der Waals surface area contributed by atoms with E-state index in [4.69, 9.17) is 4.74 Å². The average molecular weight is 453 g/mol. The number of imide groups is 1. The van der Waals surface area contributed by atoms with E-state index in [0.717, 1.165) is 4.90 Å².